The van der Waals surface area contributed by atoms with E-state index in [0.717, 1.165) is 5.56 Å². The summed E-state index contributed by atoms with van der Waals surface area (Å²) < 4.78 is 5.20. The Labute approximate surface area is 121 Å². The highest BCUT2D eigenvalue weighted by molar-refractivity contribution is 5.63. The van der Waals surface area contributed by atoms with Crippen LogP contribution in [0.4, 0.5) is 5.69 Å². The van der Waals surface area contributed by atoms with E-state index in [-0.39, 0.29) is 11.6 Å². The Morgan fingerprint density at radius 2 is 2.19 bits per heavy atom. The van der Waals surface area contributed by atoms with Crippen LogP contribution in [0.5, 0.6) is 0 Å². The minimum Gasteiger partial charge on any atom is -0.393 e. The Hall–Kier alpha value is -2.28. The minimum absolute atomic E-state index is 0.0236. The van der Waals surface area contributed by atoms with E-state index in [0.29, 0.717) is 23.7 Å². The Bertz CT molecular complexity index is 651. The van der Waals surface area contributed by atoms with Gasteiger partial charge in [-0.15, -0.1) is 0 Å². The lowest BCUT2D eigenvalue weighted by Gasteiger charge is -2.12. The van der Waals surface area contributed by atoms with Crippen LogP contribution in [-0.2, 0) is 0 Å². The van der Waals surface area contributed by atoms with E-state index in [4.69, 9.17) is 4.52 Å². The van der Waals surface area contributed by atoms with Gasteiger partial charge in [0.05, 0.1) is 16.9 Å². The number of benzene rings is 1. The molecule has 7 heteroatoms. The minimum atomic E-state index is -0.602. The van der Waals surface area contributed by atoms with Gasteiger partial charge in [0.1, 0.15) is 0 Å². The fourth-order valence-electron chi connectivity index (χ4n) is 2.18. The highest BCUT2D eigenvalue weighted by atomic mass is 16.6. The lowest BCUT2D eigenvalue weighted by molar-refractivity contribution is -0.384. The molecule has 1 aromatic carbocycles. The summed E-state index contributed by atoms with van der Waals surface area (Å²) in [4.78, 5) is 14.7. The summed E-state index contributed by atoms with van der Waals surface area (Å²) in [7, 11) is 0. The Balaban J connectivity index is 2.42. The molecule has 2 unspecified atom stereocenters. The average molecular weight is 291 g/mol. The molecule has 0 saturated heterocycles. The SMILES string of the molecule is CCC(c1nc(-c2cc([N+](=O)[O-])ccc2C)no1)C(C)O. The van der Waals surface area contributed by atoms with E-state index >= 15 is 0 Å². The van der Waals surface area contributed by atoms with Gasteiger partial charge in [-0.05, 0) is 25.8 Å². The van der Waals surface area contributed by atoms with Crippen LogP contribution in [-0.4, -0.2) is 26.3 Å². The molecule has 0 aliphatic heterocycles. The summed E-state index contributed by atoms with van der Waals surface area (Å²) in [6, 6.07) is 4.51. The van der Waals surface area contributed by atoms with Crippen molar-refractivity contribution >= 4 is 5.69 Å². The van der Waals surface area contributed by atoms with Crippen LogP contribution >= 0.6 is 0 Å². The second-order valence-electron chi connectivity index (χ2n) is 4.97. The molecule has 0 fully saturated rings. The van der Waals surface area contributed by atoms with E-state index in [1.165, 1.54) is 12.1 Å². The lowest BCUT2D eigenvalue weighted by atomic mass is 10.0. The molecule has 0 aliphatic carbocycles. The first-order valence-corrected chi connectivity index (χ1v) is 6.71. The van der Waals surface area contributed by atoms with Crippen LogP contribution in [0.2, 0.25) is 0 Å². The number of non-ortho nitro benzene ring substituents is 1. The molecule has 0 bridgehead atoms. The summed E-state index contributed by atoms with van der Waals surface area (Å²) in [5, 5.41) is 24.4. The number of aliphatic hydroxyl groups is 1. The molecule has 1 N–H and O–H groups in total. The van der Waals surface area contributed by atoms with Crippen molar-refractivity contribution in [1.29, 1.82) is 0 Å². The molecule has 7 nitrogen and oxygen atoms in total. The maximum atomic E-state index is 10.9. The van der Waals surface area contributed by atoms with Crippen molar-refractivity contribution in [3.05, 3.63) is 39.8 Å². The Kier molecular flexibility index (Phi) is 4.32. The predicted octanol–water partition coefficient (Wildman–Crippen LogP) is 2.83. The number of nitrogens with zero attached hydrogens (tertiary/aromatic N) is 3. The molecule has 0 spiro atoms. The van der Waals surface area contributed by atoms with Gasteiger partial charge in [0, 0.05) is 17.7 Å². The average Bonchev–Trinajstić information content (AvgIpc) is 2.88. The zero-order valence-electron chi connectivity index (χ0n) is 12.1. The molecule has 112 valence electrons. The summed E-state index contributed by atoms with van der Waals surface area (Å²) >= 11 is 0. The summed E-state index contributed by atoms with van der Waals surface area (Å²) in [6.07, 6.45) is 0.0576. The largest absolute Gasteiger partial charge is 0.393 e. The number of hydrogen-bond donors (Lipinski definition) is 1. The molecule has 1 heterocycles. The molecule has 0 saturated carbocycles. The quantitative estimate of drug-likeness (QED) is 0.671. The second kappa shape index (κ2) is 6.01. The fraction of sp³-hybridized carbons (Fsp3) is 0.429. The van der Waals surface area contributed by atoms with E-state index in [1.807, 2.05) is 13.8 Å². The smallest absolute Gasteiger partial charge is 0.270 e. The van der Waals surface area contributed by atoms with Gasteiger partial charge in [-0.2, -0.15) is 4.98 Å². The lowest BCUT2D eigenvalue weighted by Crippen LogP contribution is -2.14. The van der Waals surface area contributed by atoms with Gasteiger partial charge in [0.25, 0.3) is 5.69 Å². The summed E-state index contributed by atoms with van der Waals surface area (Å²) in [5.74, 6) is 0.393. The zero-order chi connectivity index (χ0) is 15.6. The number of aromatic nitrogens is 2. The Morgan fingerprint density at radius 3 is 2.76 bits per heavy atom. The molecule has 1 aromatic heterocycles. The molecule has 0 amide bonds. The van der Waals surface area contributed by atoms with E-state index in [2.05, 4.69) is 10.1 Å². The first kappa shape index (κ1) is 15.1. The molecule has 0 aliphatic rings. The van der Waals surface area contributed by atoms with E-state index in [1.54, 1.807) is 13.0 Å². The molecule has 2 aromatic rings. The van der Waals surface area contributed by atoms with Crippen LogP contribution in [0.25, 0.3) is 11.4 Å². The first-order chi connectivity index (χ1) is 9.93. The van der Waals surface area contributed by atoms with Crippen LogP contribution < -0.4 is 0 Å². The van der Waals surface area contributed by atoms with Crippen molar-refractivity contribution in [2.45, 2.75) is 39.2 Å². The van der Waals surface area contributed by atoms with Crippen molar-refractivity contribution in [3.63, 3.8) is 0 Å². The molecule has 0 radical (unpaired) electrons. The van der Waals surface area contributed by atoms with Crippen LogP contribution in [0.3, 0.4) is 0 Å². The van der Waals surface area contributed by atoms with Gasteiger partial charge in [-0.1, -0.05) is 18.1 Å². The number of nitro groups is 1. The van der Waals surface area contributed by atoms with E-state index < -0.39 is 11.0 Å². The second-order valence-corrected chi connectivity index (χ2v) is 4.97. The first-order valence-electron chi connectivity index (χ1n) is 6.71. The molecule has 2 atom stereocenters. The maximum Gasteiger partial charge on any atom is 0.270 e. The summed E-state index contributed by atoms with van der Waals surface area (Å²) in [6.45, 7) is 5.40. The summed E-state index contributed by atoms with van der Waals surface area (Å²) in [5.41, 5.74) is 1.35. The Morgan fingerprint density at radius 1 is 1.48 bits per heavy atom. The monoisotopic (exact) mass is 291 g/mol. The standard InChI is InChI=1S/C14H17N3O4/c1-4-11(9(3)18)14-15-13(16-21-14)12-7-10(17(19)20)6-5-8(12)2/h5-7,9,11,18H,4H2,1-3H3. The van der Waals surface area contributed by atoms with Gasteiger partial charge >= 0.3 is 0 Å². The van der Waals surface area contributed by atoms with Crippen LogP contribution in [0, 0.1) is 17.0 Å². The normalized spacial score (nSPS) is 13.9. The topological polar surface area (TPSA) is 102 Å². The third-order valence-electron chi connectivity index (χ3n) is 3.45. The van der Waals surface area contributed by atoms with Gasteiger partial charge in [0.15, 0.2) is 0 Å². The predicted molar refractivity (Wildman–Crippen MR) is 75.8 cm³/mol. The van der Waals surface area contributed by atoms with Crippen LogP contribution in [0.1, 0.15) is 37.6 Å². The molecular formula is C14H17N3O4. The molecule has 2 rings (SSSR count). The van der Waals surface area contributed by atoms with Gasteiger partial charge in [-0.25, -0.2) is 0 Å². The number of hydrogen-bond acceptors (Lipinski definition) is 6. The highest BCUT2D eigenvalue weighted by Gasteiger charge is 2.23. The number of rotatable bonds is 5. The zero-order valence-corrected chi connectivity index (χ0v) is 12.1. The van der Waals surface area contributed by atoms with Crippen molar-refractivity contribution in [2.24, 2.45) is 0 Å². The number of aryl methyl sites for hydroxylation is 1. The highest BCUT2D eigenvalue weighted by Crippen LogP contribution is 2.28. The number of aliphatic hydroxyl groups excluding tert-OH is 1. The number of nitro benzene ring substituents is 1. The van der Waals surface area contributed by atoms with Crippen molar-refractivity contribution in [2.75, 3.05) is 0 Å². The molecule has 21 heavy (non-hydrogen) atoms. The van der Waals surface area contributed by atoms with E-state index in [9.17, 15) is 15.2 Å². The van der Waals surface area contributed by atoms with Crippen LogP contribution in [0.15, 0.2) is 22.7 Å². The van der Waals surface area contributed by atoms with Gasteiger partial charge in [-0.3, -0.25) is 10.1 Å². The van der Waals surface area contributed by atoms with Gasteiger partial charge in [0.2, 0.25) is 11.7 Å². The van der Waals surface area contributed by atoms with Crippen molar-refractivity contribution in [3.8, 4) is 11.4 Å². The fourth-order valence-corrected chi connectivity index (χ4v) is 2.18. The maximum absolute atomic E-state index is 10.9. The van der Waals surface area contributed by atoms with Crippen molar-refractivity contribution in [1.82, 2.24) is 10.1 Å². The van der Waals surface area contributed by atoms with Gasteiger partial charge < -0.3 is 9.63 Å². The van der Waals surface area contributed by atoms with Crippen molar-refractivity contribution < 1.29 is 14.6 Å². The third kappa shape index (κ3) is 3.08. The third-order valence-corrected chi connectivity index (χ3v) is 3.45. The molecular weight excluding hydrogens is 274 g/mol.